The van der Waals surface area contributed by atoms with Gasteiger partial charge in [0.15, 0.2) is 11.5 Å². The van der Waals surface area contributed by atoms with Crippen molar-refractivity contribution in [2.75, 3.05) is 156 Å². The quantitative estimate of drug-likeness (QED) is 0.0400. The van der Waals surface area contributed by atoms with Gasteiger partial charge in [0, 0.05) is 84.7 Å². The summed E-state index contributed by atoms with van der Waals surface area (Å²) in [6.45, 7) is 30.8. The van der Waals surface area contributed by atoms with E-state index in [2.05, 4.69) is 172 Å². The number of nitrogens with one attached hydrogen (secondary N) is 24. The van der Waals surface area contributed by atoms with Gasteiger partial charge in [-0.1, -0.05) is 110 Å². The molecule has 0 aliphatic carbocycles. The zero-order valence-corrected chi connectivity index (χ0v) is 77.8. The Bertz CT molecular complexity index is 6840. The molecule has 12 aromatic carbocycles. The number of halogens is 4. The minimum atomic E-state index is -0.537. The number of hydrogen-bond donors (Lipinski definition) is 24. The normalized spacial score (nSPS) is 12.0. The number of methoxy groups -OCH3 is 4. The lowest BCUT2D eigenvalue weighted by molar-refractivity contribution is 0.0600. The molecule has 0 saturated heterocycles. The highest BCUT2D eigenvalue weighted by atomic mass is 35.5. The second-order valence-electron chi connectivity index (χ2n) is 30.7. The molecule has 0 saturated carbocycles. The largest absolute Gasteiger partial charge is 0.493 e. The van der Waals surface area contributed by atoms with E-state index < -0.39 is 29.9 Å². The van der Waals surface area contributed by atoms with E-state index in [9.17, 15) is 38.0 Å². The fourth-order valence-corrected chi connectivity index (χ4v) is 14.6. The molecule has 0 unspecified atom stereocenters. The van der Waals surface area contributed by atoms with Gasteiger partial charge in [0.2, 0.25) is 5.75 Å². The van der Waals surface area contributed by atoms with Crippen LogP contribution in [0.5, 0.6) is 17.2 Å². The van der Waals surface area contributed by atoms with Crippen molar-refractivity contribution < 1.29 is 56.9 Å². The highest BCUT2D eigenvalue weighted by molar-refractivity contribution is 6.35. The van der Waals surface area contributed by atoms with Gasteiger partial charge in [-0.05, 0) is 220 Å². The predicted molar refractivity (Wildman–Crippen MR) is 556 cm³/mol. The number of benzene rings is 12. The smallest absolute Gasteiger partial charge is 0.337 e. The minimum Gasteiger partial charge on any atom is -0.493 e. The molecular weight excluding hydrogens is 1830 g/mol. The van der Waals surface area contributed by atoms with Gasteiger partial charge in [0.25, 0.3) is 0 Å². The van der Waals surface area contributed by atoms with Crippen LogP contribution in [0.15, 0.2) is 293 Å². The molecule has 6 heterocycles. The maximum atomic E-state index is 13.1. The third-order valence-corrected chi connectivity index (χ3v) is 21.1. The Morgan fingerprint density at radius 3 is 0.920 bits per heavy atom. The fourth-order valence-electron chi connectivity index (χ4n) is 13.9. The van der Waals surface area contributed by atoms with Crippen molar-refractivity contribution in [2.45, 2.75) is 27.7 Å². The minimum absolute atomic E-state index is 0.0517. The van der Waals surface area contributed by atoms with Crippen LogP contribution in [0.3, 0.4) is 0 Å². The van der Waals surface area contributed by atoms with Crippen molar-refractivity contribution in [2.24, 2.45) is 0 Å². The number of carbonyl (C=O) groups is 7. The van der Waals surface area contributed by atoms with Crippen molar-refractivity contribution in [3.8, 4) is 17.2 Å². The average molecular weight is 1920 g/mol. The number of rotatable bonds is 16. The van der Waals surface area contributed by atoms with E-state index in [0.29, 0.717) is 113 Å². The number of esters is 1. The molecule has 0 aromatic heterocycles. The van der Waals surface area contributed by atoms with E-state index in [1.54, 1.807) is 91.0 Å². The van der Waals surface area contributed by atoms with Crippen LogP contribution in [0.1, 0.15) is 32.6 Å². The maximum Gasteiger partial charge on any atom is 0.337 e. The molecule has 39 heteroatoms. The summed E-state index contributed by atoms with van der Waals surface area (Å²) in [5, 5.41) is 70.8. The summed E-state index contributed by atoms with van der Waals surface area (Å²) in [5.41, 5.74) is 22.9. The predicted octanol–water partition coefficient (Wildman–Crippen LogP) is 25.0. The van der Waals surface area contributed by atoms with Crippen LogP contribution in [-0.2, 0) is 4.74 Å². The first-order valence-electron chi connectivity index (χ1n) is 41.9. The van der Waals surface area contributed by atoms with Gasteiger partial charge in [-0.3, -0.25) is 0 Å². The van der Waals surface area contributed by atoms with Gasteiger partial charge in [0.05, 0.1) is 113 Å². The molecule has 706 valence electrons. The van der Waals surface area contributed by atoms with E-state index in [4.69, 9.17) is 49.0 Å². The first kappa shape index (κ1) is 97.5. The standard InChI is InChI=1S/C18H20N4O4.C17H16N4O3.2C17H18N4O.C15H12Cl2N4O.C15H12ClFN4O/c1-10-19-13-6-5-11(7-14(13)20-10)21-18(23)22-12-8-15(24-2)17(26-4)16(9-12)25-3;1-10-18-14-7-6-13(9-15(14)19-10)21-17(23)20-12-5-3-4-11(8-12)16(22)24-2;1-10-4-6-14(11(2)8-10)21-17(22)20-13-5-7-15-16(9-13)19-12(3)18-15;1-10-5-4-6-14(11(10)2)21-17(22)20-13-7-8-15-16(9-13)19-12(3)18-15;1-8-18-13-3-2-11(7-14(13)19-8)20-15(22)21-12-5-9(16)4-10(17)6-12;1-8-18-13-5-3-10(7-14(13)19-8)21-15(22)20-9-2-4-12(17)11(16)6-9/h5-9,19-20H,1H2,2-4H3,(H2,21,22,23);3-9,18-19H,1H2,2H3,(H2,20,21,23);2*4-9,18-19H,3H2,1-2H3,(H2,20,21,22);2*2-7,18-19H,1H2,(H2,20,21,22). The topological polar surface area (TPSA) is 445 Å². The third-order valence-electron chi connectivity index (χ3n) is 20.3. The summed E-state index contributed by atoms with van der Waals surface area (Å²) in [6.07, 6.45) is 0. The Labute approximate surface area is 808 Å². The van der Waals surface area contributed by atoms with Crippen LogP contribution >= 0.6 is 34.8 Å². The molecule has 18 rings (SSSR count). The number of ether oxygens (including phenoxy) is 4. The number of urea groups is 6. The van der Waals surface area contributed by atoms with Crippen LogP contribution in [0, 0.1) is 33.5 Å². The second kappa shape index (κ2) is 44.5. The summed E-state index contributed by atoms with van der Waals surface area (Å²) < 4.78 is 33.5. The zero-order chi connectivity index (χ0) is 98.5. The number of aryl methyl sites for hydroxylation is 3. The molecule has 12 amide bonds. The van der Waals surface area contributed by atoms with Gasteiger partial charge in [-0.15, -0.1) is 0 Å². The van der Waals surface area contributed by atoms with Crippen LogP contribution < -0.4 is 142 Å². The number of fused-ring (bicyclic) bond motifs is 6. The van der Waals surface area contributed by atoms with E-state index in [0.717, 1.165) is 108 Å². The molecule has 138 heavy (non-hydrogen) atoms. The monoisotopic (exact) mass is 1920 g/mol. The van der Waals surface area contributed by atoms with Crippen molar-refractivity contribution in [1.82, 2.24) is 0 Å². The number of carbonyl (C=O) groups excluding carboxylic acids is 7. The van der Waals surface area contributed by atoms with Gasteiger partial charge < -0.3 is 147 Å². The Kier molecular flexibility index (Phi) is 31.4. The van der Waals surface area contributed by atoms with Crippen molar-refractivity contribution in [3.63, 3.8) is 0 Å². The summed E-state index contributed by atoms with van der Waals surface area (Å²) in [6, 6.07) is 61.0. The lowest BCUT2D eigenvalue weighted by Crippen LogP contribution is -2.20. The van der Waals surface area contributed by atoms with E-state index in [-0.39, 0.29) is 23.1 Å². The molecular formula is C99H96Cl3FN24O11. The molecule has 24 N–H and O–H groups in total. The summed E-state index contributed by atoms with van der Waals surface area (Å²) in [7, 11) is 5.85. The summed E-state index contributed by atoms with van der Waals surface area (Å²) in [5.74, 6) is 4.58. The van der Waals surface area contributed by atoms with Crippen molar-refractivity contribution in [1.29, 1.82) is 0 Å². The number of hydrogen-bond acceptors (Lipinski definition) is 23. The molecule has 6 aliphatic rings. The van der Waals surface area contributed by atoms with Crippen molar-refractivity contribution >= 4 is 213 Å². The van der Waals surface area contributed by atoms with E-state index >= 15 is 0 Å². The molecule has 0 radical (unpaired) electrons. The highest BCUT2D eigenvalue weighted by Gasteiger charge is 2.23. The van der Waals surface area contributed by atoms with Crippen LogP contribution in [0.2, 0.25) is 15.1 Å². The van der Waals surface area contributed by atoms with E-state index in [1.165, 1.54) is 52.2 Å². The molecule has 6 aliphatic heterocycles. The van der Waals surface area contributed by atoms with Gasteiger partial charge in [-0.2, -0.15) is 0 Å². The Morgan fingerprint density at radius 1 is 0.283 bits per heavy atom. The van der Waals surface area contributed by atoms with Crippen LogP contribution in [-0.4, -0.2) is 70.6 Å². The number of anilines is 24. The second-order valence-corrected chi connectivity index (χ2v) is 32.0. The fraction of sp³-hybridized carbons (Fsp3) is 0.0808. The molecule has 12 aromatic rings. The van der Waals surface area contributed by atoms with E-state index in [1.807, 2.05) is 137 Å². The third kappa shape index (κ3) is 26.7. The Balaban J connectivity index is 0.000000140. The van der Waals surface area contributed by atoms with Crippen LogP contribution in [0.25, 0.3) is 0 Å². The van der Waals surface area contributed by atoms with Gasteiger partial charge >= 0.3 is 42.2 Å². The number of amides is 12. The summed E-state index contributed by atoms with van der Waals surface area (Å²) >= 11 is 17.4. The molecule has 0 atom stereocenters. The highest BCUT2D eigenvalue weighted by Crippen LogP contribution is 2.42. The first-order chi connectivity index (χ1) is 66.1. The average Bonchev–Trinajstić information content (AvgIpc) is 1.65. The van der Waals surface area contributed by atoms with Gasteiger partial charge in [0.1, 0.15) is 40.7 Å². The SMILES string of the molecule is C=C1Nc2ccc(NC(=O)Nc3cc(Cl)cc(Cl)c3)cc2N1.C=C1Nc2ccc(NC(=O)Nc3cc(OC)c(OC)c(OC)c3)cc2N1.C=C1Nc2ccc(NC(=O)Nc3ccc(C)cc3C)cc2N1.C=C1Nc2ccc(NC(=O)Nc3ccc(F)c(Cl)c3)cc2N1.C=C1Nc2ccc(NC(=O)Nc3cccc(C(=O)OC)c3)cc2N1.C=C1Nc2ccc(NC(=O)Nc3cccc(C)c3C)cc2N1. The van der Waals surface area contributed by atoms with Gasteiger partial charge in [-0.25, -0.2) is 38.0 Å². The first-order valence-corrected chi connectivity index (χ1v) is 43.0. The van der Waals surface area contributed by atoms with Crippen LogP contribution in [0.4, 0.5) is 170 Å². The maximum absolute atomic E-state index is 13.1. The molecule has 0 bridgehead atoms. The molecule has 0 spiro atoms. The summed E-state index contributed by atoms with van der Waals surface area (Å²) in [4.78, 5) is 84.1. The van der Waals surface area contributed by atoms with Crippen molar-refractivity contribution in [3.05, 3.63) is 341 Å². The zero-order valence-electron chi connectivity index (χ0n) is 75.5. The molecule has 0 fully saturated rings. The molecule has 35 nitrogen and oxygen atoms in total. The Hall–Kier alpha value is -18.0. The lowest BCUT2D eigenvalue weighted by Gasteiger charge is -2.15. The Morgan fingerprint density at radius 2 is 0.587 bits per heavy atom. The lowest BCUT2D eigenvalue weighted by atomic mass is 10.1.